The SMILES string of the molecule is O=C(NCc1ccccc1)c1nnn(Cc2ccccc2)c1-c1c(C(=O)NCc2ccccc2)nnn1Cc1ccccc1. The average Bonchev–Trinajstić information content (AvgIpc) is 3.68. The quantitative estimate of drug-likeness (QED) is 0.232. The summed E-state index contributed by atoms with van der Waals surface area (Å²) in [4.78, 5) is 27.4. The van der Waals surface area contributed by atoms with E-state index in [9.17, 15) is 9.59 Å². The van der Waals surface area contributed by atoms with Gasteiger partial charge in [-0.05, 0) is 22.3 Å². The van der Waals surface area contributed by atoms with Gasteiger partial charge in [0, 0.05) is 13.1 Å². The van der Waals surface area contributed by atoms with E-state index in [1.807, 2.05) is 121 Å². The molecular formula is C34H30N8O2. The molecule has 0 aliphatic heterocycles. The molecule has 4 aromatic carbocycles. The fourth-order valence-corrected chi connectivity index (χ4v) is 4.86. The number of hydrogen-bond acceptors (Lipinski definition) is 6. The Morgan fingerprint density at radius 1 is 0.477 bits per heavy atom. The van der Waals surface area contributed by atoms with Crippen molar-refractivity contribution < 1.29 is 9.59 Å². The molecular weight excluding hydrogens is 552 g/mol. The highest BCUT2D eigenvalue weighted by atomic mass is 16.2. The van der Waals surface area contributed by atoms with Crippen LogP contribution in [0, 0.1) is 0 Å². The monoisotopic (exact) mass is 582 g/mol. The van der Waals surface area contributed by atoms with Crippen LogP contribution in [0.4, 0.5) is 0 Å². The molecule has 10 heteroatoms. The molecule has 2 amide bonds. The van der Waals surface area contributed by atoms with Crippen molar-refractivity contribution in [2.75, 3.05) is 0 Å². The Labute approximate surface area is 254 Å². The van der Waals surface area contributed by atoms with Gasteiger partial charge in [0.25, 0.3) is 11.8 Å². The predicted molar refractivity (Wildman–Crippen MR) is 165 cm³/mol. The summed E-state index contributed by atoms with van der Waals surface area (Å²) in [7, 11) is 0. The number of hydrogen-bond donors (Lipinski definition) is 2. The molecule has 0 radical (unpaired) electrons. The van der Waals surface area contributed by atoms with Gasteiger partial charge in [-0.25, -0.2) is 9.36 Å². The zero-order chi connectivity index (χ0) is 30.1. The molecule has 2 aromatic heterocycles. The van der Waals surface area contributed by atoms with Crippen molar-refractivity contribution in [1.29, 1.82) is 0 Å². The van der Waals surface area contributed by atoms with Crippen LogP contribution in [0.2, 0.25) is 0 Å². The molecule has 0 aliphatic carbocycles. The van der Waals surface area contributed by atoms with Crippen LogP contribution in [0.1, 0.15) is 43.2 Å². The molecule has 2 heterocycles. The first-order valence-electron chi connectivity index (χ1n) is 14.2. The molecule has 2 N–H and O–H groups in total. The van der Waals surface area contributed by atoms with Gasteiger partial charge in [0.2, 0.25) is 0 Å². The first-order chi connectivity index (χ1) is 21.7. The van der Waals surface area contributed by atoms with Crippen molar-refractivity contribution in [3.05, 3.63) is 155 Å². The Bertz CT molecular complexity index is 1700. The van der Waals surface area contributed by atoms with Crippen LogP contribution >= 0.6 is 0 Å². The van der Waals surface area contributed by atoms with Crippen molar-refractivity contribution >= 4 is 11.8 Å². The normalized spacial score (nSPS) is 10.8. The molecule has 10 nitrogen and oxygen atoms in total. The number of aromatic nitrogens is 6. The fourth-order valence-electron chi connectivity index (χ4n) is 4.86. The second kappa shape index (κ2) is 13.4. The van der Waals surface area contributed by atoms with Crippen molar-refractivity contribution in [3.8, 4) is 11.4 Å². The van der Waals surface area contributed by atoms with Crippen LogP contribution in [0.15, 0.2) is 121 Å². The third-order valence-corrected chi connectivity index (χ3v) is 7.07. The van der Waals surface area contributed by atoms with Crippen LogP contribution in [-0.2, 0) is 26.2 Å². The number of nitrogens with zero attached hydrogens (tertiary/aromatic N) is 6. The van der Waals surface area contributed by atoms with Gasteiger partial charge in [-0.1, -0.05) is 132 Å². The largest absolute Gasteiger partial charge is 0.346 e. The number of nitrogens with one attached hydrogen (secondary N) is 2. The highest BCUT2D eigenvalue weighted by molar-refractivity contribution is 6.02. The second-order valence-electron chi connectivity index (χ2n) is 10.2. The minimum Gasteiger partial charge on any atom is -0.346 e. The summed E-state index contributed by atoms with van der Waals surface area (Å²) >= 11 is 0. The minimum absolute atomic E-state index is 0.0746. The van der Waals surface area contributed by atoms with Crippen molar-refractivity contribution in [2.24, 2.45) is 0 Å². The molecule has 44 heavy (non-hydrogen) atoms. The lowest BCUT2D eigenvalue weighted by atomic mass is 10.1. The van der Waals surface area contributed by atoms with Crippen LogP contribution in [0.5, 0.6) is 0 Å². The van der Waals surface area contributed by atoms with E-state index in [0.29, 0.717) is 37.6 Å². The lowest BCUT2D eigenvalue weighted by Gasteiger charge is -2.13. The number of carbonyl (C=O) groups excluding carboxylic acids is 2. The van der Waals surface area contributed by atoms with Crippen LogP contribution in [-0.4, -0.2) is 41.8 Å². The van der Waals surface area contributed by atoms with Crippen LogP contribution in [0.25, 0.3) is 11.4 Å². The van der Waals surface area contributed by atoms with Crippen molar-refractivity contribution in [1.82, 2.24) is 40.6 Å². The molecule has 0 saturated carbocycles. The third-order valence-electron chi connectivity index (χ3n) is 7.07. The first kappa shape index (κ1) is 28.2. The molecule has 0 unspecified atom stereocenters. The van der Waals surface area contributed by atoms with E-state index in [0.717, 1.165) is 22.3 Å². The van der Waals surface area contributed by atoms with Gasteiger partial charge in [0.05, 0.1) is 13.1 Å². The summed E-state index contributed by atoms with van der Waals surface area (Å²) in [6.45, 7) is 1.24. The van der Waals surface area contributed by atoms with Gasteiger partial charge >= 0.3 is 0 Å². The Morgan fingerprint density at radius 2 is 0.795 bits per heavy atom. The second-order valence-corrected chi connectivity index (χ2v) is 10.2. The van der Waals surface area contributed by atoms with Gasteiger partial charge in [0.15, 0.2) is 11.4 Å². The summed E-state index contributed by atoms with van der Waals surface area (Å²) in [5, 5.41) is 23.3. The van der Waals surface area contributed by atoms with Crippen molar-refractivity contribution in [3.63, 3.8) is 0 Å². The molecule has 0 fully saturated rings. The first-order valence-corrected chi connectivity index (χ1v) is 14.2. The minimum atomic E-state index is -0.425. The number of benzene rings is 4. The predicted octanol–water partition coefficient (Wildman–Crippen LogP) is 4.49. The van der Waals surface area contributed by atoms with E-state index in [1.54, 1.807) is 9.36 Å². The van der Waals surface area contributed by atoms with E-state index in [4.69, 9.17) is 0 Å². The lowest BCUT2D eigenvalue weighted by molar-refractivity contribution is 0.0936. The molecule has 0 bridgehead atoms. The Kier molecular flexibility index (Phi) is 8.59. The average molecular weight is 583 g/mol. The number of rotatable bonds is 11. The smallest absolute Gasteiger partial charge is 0.274 e. The molecule has 6 rings (SSSR count). The maximum absolute atomic E-state index is 13.7. The summed E-state index contributed by atoms with van der Waals surface area (Å²) in [5.74, 6) is -0.850. The molecule has 0 atom stereocenters. The Balaban J connectivity index is 1.42. The zero-order valence-electron chi connectivity index (χ0n) is 23.9. The topological polar surface area (TPSA) is 120 Å². The maximum Gasteiger partial charge on any atom is 0.274 e. The zero-order valence-corrected chi connectivity index (χ0v) is 23.9. The highest BCUT2D eigenvalue weighted by Gasteiger charge is 2.30. The van der Waals surface area contributed by atoms with E-state index >= 15 is 0 Å². The summed E-state index contributed by atoms with van der Waals surface area (Å²) < 4.78 is 3.25. The van der Waals surface area contributed by atoms with E-state index in [-0.39, 0.29) is 11.4 Å². The molecule has 0 aliphatic rings. The van der Waals surface area contributed by atoms with Crippen LogP contribution < -0.4 is 10.6 Å². The molecule has 0 spiro atoms. The van der Waals surface area contributed by atoms with Gasteiger partial charge in [-0.2, -0.15) is 0 Å². The van der Waals surface area contributed by atoms with E-state index in [2.05, 4.69) is 31.3 Å². The summed E-state index contributed by atoms with van der Waals surface area (Å²) in [5.41, 5.74) is 4.64. The van der Waals surface area contributed by atoms with Gasteiger partial charge in [-0.3, -0.25) is 9.59 Å². The molecule has 218 valence electrons. The van der Waals surface area contributed by atoms with Crippen LogP contribution in [0.3, 0.4) is 0 Å². The van der Waals surface area contributed by atoms with E-state index < -0.39 is 11.8 Å². The maximum atomic E-state index is 13.7. The summed E-state index contributed by atoms with van der Waals surface area (Å²) in [6.07, 6.45) is 0. The Hall–Kier alpha value is -5.90. The summed E-state index contributed by atoms with van der Waals surface area (Å²) in [6, 6.07) is 38.7. The molecule has 0 saturated heterocycles. The standard InChI is InChI=1S/C34H30N8O2/c43-33(35-21-25-13-5-1-6-14-25)29-31(41(39-37-29)23-27-17-9-3-10-18-27)32-30(34(44)36-22-26-15-7-2-8-16-26)38-40-42(32)24-28-19-11-4-12-20-28/h1-20H,21-24H2,(H,35,43)(H,36,44). The van der Waals surface area contributed by atoms with Crippen molar-refractivity contribution in [2.45, 2.75) is 26.2 Å². The Morgan fingerprint density at radius 3 is 1.14 bits per heavy atom. The van der Waals surface area contributed by atoms with Gasteiger partial charge in [0.1, 0.15) is 11.4 Å². The number of carbonyl (C=O) groups is 2. The molecule has 6 aromatic rings. The fraction of sp³-hybridized carbons (Fsp3) is 0.118. The highest BCUT2D eigenvalue weighted by Crippen LogP contribution is 2.27. The van der Waals surface area contributed by atoms with E-state index in [1.165, 1.54) is 0 Å². The lowest BCUT2D eigenvalue weighted by Crippen LogP contribution is -2.26. The third kappa shape index (κ3) is 6.60. The van der Waals surface area contributed by atoms with Gasteiger partial charge < -0.3 is 10.6 Å². The number of amides is 2. The van der Waals surface area contributed by atoms with Gasteiger partial charge in [-0.15, -0.1) is 10.2 Å².